The fourth-order valence-electron chi connectivity index (χ4n) is 3.92. The number of aromatic amines is 1. The van der Waals surface area contributed by atoms with Crippen LogP contribution in [-0.2, 0) is 0 Å². The van der Waals surface area contributed by atoms with Crippen LogP contribution in [0.3, 0.4) is 0 Å². The summed E-state index contributed by atoms with van der Waals surface area (Å²) >= 11 is 1.69. The Morgan fingerprint density at radius 2 is 1.69 bits per heavy atom. The van der Waals surface area contributed by atoms with E-state index in [9.17, 15) is 0 Å². The molecule has 0 bridgehead atoms. The molecule has 1 N–H and O–H groups in total. The summed E-state index contributed by atoms with van der Waals surface area (Å²) in [5.74, 6) is 0. The predicted octanol–water partition coefficient (Wildman–Crippen LogP) is 6.95. The van der Waals surface area contributed by atoms with Gasteiger partial charge in [0, 0.05) is 38.8 Å². The minimum atomic E-state index is 0.923. The molecule has 0 atom stereocenters. The van der Waals surface area contributed by atoms with Crippen molar-refractivity contribution in [2.75, 3.05) is 0 Å². The van der Waals surface area contributed by atoms with Crippen molar-refractivity contribution in [3.63, 3.8) is 0 Å². The summed E-state index contributed by atoms with van der Waals surface area (Å²) in [4.78, 5) is 14.1. The van der Waals surface area contributed by atoms with Crippen molar-refractivity contribution in [3.05, 3.63) is 82.9 Å². The maximum absolute atomic E-state index is 4.90. The Labute approximate surface area is 174 Å². The molecular weight excluding hydrogens is 374 g/mol. The standard InChI is InChI=1S/C25H21N3S/c1-15-7-6-8-16(2)23(15)22-14-19-13-18(10-11-20(19)27-22)24-17(3)29-25(28-24)21-9-4-5-12-26-21/h4-14,27H,1-3H3. The van der Waals surface area contributed by atoms with Crippen LogP contribution in [0, 0.1) is 20.8 Å². The third-order valence-electron chi connectivity index (χ3n) is 5.33. The highest BCUT2D eigenvalue weighted by Gasteiger charge is 2.14. The van der Waals surface area contributed by atoms with Gasteiger partial charge >= 0.3 is 0 Å². The van der Waals surface area contributed by atoms with Crippen molar-refractivity contribution in [1.82, 2.24) is 15.0 Å². The maximum Gasteiger partial charge on any atom is 0.142 e. The summed E-state index contributed by atoms with van der Waals surface area (Å²) in [5, 5.41) is 2.16. The Kier molecular flexibility index (Phi) is 4.29. The van der Waals surface area contributed by atoms with E-state index in [0.717, 1.165) is 33.2 Å². The van der Waals surface area contributed by atoms with Crippen LogP contribution >= 0.6 is 11.3 Å². The number of rotatable bonds is 3. The number of benzene rings is 2. The summed E-state index contributed by atoms with van der Waals surface area (Å²) in [7, 11) is 0. The maximum atomic E-state index is 4.90. The number of nitrogens with zero attached hydrogens (tertiary/aromatic N) is 2. The number of pyridine rings is 1. The van der Waals surface area contributed by atoms with Crippen molar-refractivity contribution >= 4 is 22.2 Å². The molecule has 0 saturated heterocycles. The summed E-state index contributed by atoms with van der Waals surface area (Å²) < 4.78 is 0. The molecule has 0 fully saturated rings. The van der Waals surface area contributed by atoms with Crippen LogP contribution in [-0.4, -0.2) is 15.0 Å². The Morgan fingerprint density at radius 1 is 0.862 bits per heavy atom. The molecule has 0 unspecified atom stereocenters. The number of H-pyrrole nitrogens is 1. The molecule has 4 heteroatoms. The Hall–Kier alpha value is -3.24. The molecule has 0 spiro atoms. The van der Waals surface area contributed by atoms with Crippen LogP contribution in [0.15, 0.2) is 66.9 Å². The first-order chi connectivity index (χ1) is 14.1. The lowest BCUT2D eigenvalue weighted by atomic mass is 10.00. The molecule has 0 radical (unpaired) electrons. The van der Waals surface area contributed by atoms with E-state index in [4.69, 9.17) is 4.98 Å². The molecule has 0 aliphatic carbocycles. The van der Waals surface area contributed by atoms with Gasteiger partial charge in [-0.25, -0.2) is 4.98 Å². The monoisotopic (exact) mass is 395 g/mol. The highest BCUT2D eigenvalue weighted by atomic mass is 32.1. The number of hydrogen-bond acceptors (Lipinski definition) is 3. The molecule has 2 aromatic carbocycles. The zero-order valence-corrected chi connectivity index (χ0v) is 17.5. The van der Waals surface area contributed by atoms with Crippen LogP contribution < -0.4 is 0 Å². The number of thiazole rings is 1. The minimum absolute atomic E-state index is 0.923. The lowest BCUT2D eigenvalue weighted by Crippen LogP contribution is -1.87. The van der Waals surface area contributed by atoms with E-state index in [1.165, 1.54) is 27.0 Å². The van der Waals surface area contributed by atoms with Crippen LogP contribution in [0.25, 0.3) is 44.1 Å². The van der Waals surface area contributed by atoms with Gasteiger partial charge in [-0.1, -0.05) is 30.3 Å². The number of hydrogen-bond donors (Lipinski definition) is 1. The first-order valence-electron chi connectivity index (χ1n) is 9.69. The van der Waals surface area contributed by atoms with Crippen molar-refractivity contribution in [1.29, 1.82) is 0 Å². The van der Waals surface area contributed by atoms with Crippen molar-refractivity contribution in [2.45, 2.75) is 20.8 Å². The van der Waals surface area contributed by atoms with Crippen molar-refractivity contribution in [2.24, 2.45) is 0 Å². The highest BCUT2D eigenvalue weighted by Crippen LogP contribution is 2.35. The van der Waals surface area contributed by atoms with E-state index in [2.05, 4.69) is 73.2 Å². The second-order valence-electron chi connectivity index (χ2n) is 7.39. The fraction of sp³-hybridized carbons (Fsp3) is 0.120. The Bertz CT molecular complexity index is 1310. The lowest BCUT2D eigenvalue weighted by molar-refractivity contribution is 1.29. The quantitative estimate of drug-likeness (QED) is 0.359. The summed E-state index contributed by atoms with van der Waals surface area (Å²) in [6, 6.07) is 21.2. The summed E-state index contributed by atoms with van der Waals surface area (Å²) in [5.41, 5.74) is 9.26. The topological polar surface area (TPSA) is 41.6 Å². The highest BCUT2D eigenvalue weighted by molar-refractivity contribution is 7.15. The first-order valence-corrected chi connectivity index (χ1v) is 10.5. The van der Waals surface area contributed by atoms with Crippen molar-refractivity contribution < 1.29 is 0 Å². The summed E-state index contributed by atoms with van der Waals surface area (Å²) in [6.45, 7) is 6.46. The van der Waals surface area contributed by atoms with E-state index < -0.39 is 0 Å². The zero-order valence-electron chi connectivity index (χ0n) is 16.7. The van der Waals surface area contributed by atoms with Gasteiger partial charge in [0.25, 0.3) is 0 Å². The van der Waals surface area contributed by atoms with Gasteiger partial charge < -0.3 is 4.98 Å². The normalized spacial score (nSPS) is 11.3. The molecule has 0 aliphatic rings. The number of fused-ring (bicyclic) bond motifs is 1. The van der Waals surface area contributed by atoms with Crippen LogP contribution in [0.5, 0.6) is 0 Å². The van der Waals surface area contributed by atoms with Crippen molar-refractivity contribution in [3.8, 4) is 33.2 Å². The molecule has 0 aliphatic heterocycles. The van der Waals surface area contributed by atoms with Gasteiger partial charge in [0.1, 0.15) is 5.01 Å². The van der Waals surface area contributed by atoms with Gasteiger partial charge in [-0.2, -0.15) is 0 Å². The third kappa shape index (κ3) is 3.15. The second kappa shape index (κ2) is 6.98. The SMILES string of the molecule is Cc1cccc(C)c1-c1cc2cc(-c3nc(-c4ccccn4)sc3C)ccc2[nH]1. The molecule has 29 heavy (non-hydrogen) atoms. The van der Waals surface area contributed by atoms with Gasteiger partial charge in [-0.3, -0.25) is 4.98 Å². The largest absolute Gasteiger partial charge is 0.355 e. The van der Waals surface area contributed by atoms with Gasteiger partial charge in [-0.05, 0) is 62.2 Å². The zero-order chi connectivity index (χ0) is 20.0. The smallest absolute Gasteiger partial charge is 0.142 e. The van der Waals surface area contributed by atoms with Crippen LogP contribution in [0.1, 0.15) is 16.0 Å². The van der Waals surface area contributed by atoms with E-state index in [0.29, 0.717) is 0 Å². The van der Waals surface area contributed by atoms with Crippen LogP contribution in [0.4, 0.5) is 0 Å². The van der Waals surface area contributed by atoms with Gasteiger partial charge in [0.05, 0.1) is 11.4 Å². The van der Waals surface area contributed by atoms with E-state index in [-0.39, 0.29) is 0 Å². The average Bonchev–Trinajstić information content (AvgIpc) is 3.31. The number of nitrogens with one attached hydrogen (secondary N) is 1. The molecule has 3 aromatic heterocycles. The molecule has 3 nitrogen and oxygen atoms in total. The molecule has 142 valence electrons. The second-order valence-corrected chi connectivity index (χ2v) is 8.59. The molecular formula is C25H21N3S. The average molecular weight is 396 g/mol. The molecule has 0 saturated carbocycles. The van der Waals surface area contributed by atoms with E-state index in [1.807, 2.05) is 24.4 Å². The fourth-order valence-corrected chi connectivity index (χ4v) is 4.83. The third-order valence-corrected chi connectivity index (χ3v) is 6.32. The van der Waals surface area contributed by atoms with Crippen LogP contribution in [0.2, 0.25) is 0 Å². The van der Waals surface area contributed by atoms with Gasteiger partial charge in [0.15, 0.2) is 0 Å². The molecule has 3 heterocycles. The first kappa shape index (κ1) is 17.8. The van der Waals surface area contributed by atoms with Gasteiger partial charge in [0.2, 0.25) is 0 Å². The molecule has 5 rings (SSSR count). The van der Waals surface area contributed by atoms with Gasteiger partial charge in [-0.15, -0.1) is 11.3 Å². The number of aryl methyl sites for hydroxylation is 3. The van der Waals surface area contributed by atoms with E-state index in [1.54, 1.807) is 11.3 Å². The minimum Gasteiger partial charge on any atom is -0.355 e. The lowest BCUT2D eigenvalue weighted by Gasteiger charge is -2.07. The summed E-state index contributed by atoms with van der Waals surface area (Å²) in [6.07, 6.45) is 1.81. The Morgan fingerprint density at radius 3 is 2.45 bits per heavy atom. The predicted molar refractivity (Wildman–Crippen MR) is 122 cm³/mol. The molecule has 5 aromatic rings. The van der Waals surface area contributed by atoms with E-state index >= 15 is 0 Å². The number of aromatic nitrogens is 3. The Balaban J connectivity index is 1.59. The molecule has 0 amide bonds.